The number of nitrogens with zero attached hydrogens (tertiary/aromatic N) is 1. The van der Waals surface area contributed by atoms with Gasteiger partial charge in [0, 0.05) is 30.1 Å². The number of hydrogen-bond donors (Lipinski definition) is 2. The fraction of sp³-hybridized carbons (Fsp3) is 0.154. The highest BCUT2D eigenvalue weighted by molar-refractivity contribution is 5.47. The SMILES string of the molecule is Nc1ccccc1C(O)Cc1ccncc1. The number of aliphatic hydroxyl groups is 1. The zero-order valence-corrected chi connectivity index (χ0v) is 8.88. The quantitative estimate of drug-likeness (QED) is 0.768. The van der Waals surface area contributed by atoms with Crippen LogP contribution in [0.4, 0.5) is 5.69 Å². The van der Waals surface area contributed by atoms with Gasteiger partial charge in [0.2, 0.25) is 0 Å². The largest absolute Gasteiger partial charge is 0.398 e. The zero-order chi connectivity index (χ0) is 11.4. The molecule has 1 heterocycles. The Balaban J connectivity index is 2.15. The summed E-state index contributed by atoms with van der Waals surface area (Å²) in [5.41, 5.74) is 8.26. The van der Waals surface area contributed by atoms with Gasteiger partial charge < -0.3 is 10.8 Å². The molecule has 3 nitrogen and oxygen atoms in total. The third-order valence-electron chi connectivity index (χ3n) is 2.53. The van der Waals surface area contributed by atoms with E-state index >= 15 is 0 Å². The van der Waals surface area contributed by atoms with Crippen molar-refractivity contribution >= 4 is 5.69 Å². The Morgan fingerprint density at radius 2 is 1.81 bits per heavy atom. The zero-order valence-electron chi connectivity index (χ0n) is 8.88. The van der Waals surface area contributed by atoms with Gasteiger partial charge in [0.25, 0.3) is 0 Å². The van der Waals surface area contributed by atoms with E-state index in [0.717, 1.165) is 11.1 Å². The van der Waals surface area contributed by atoms with Crippen LogP contribution in [0, 0.1) is 0 Å². The molecule has 0 aliphatic carbocycles. The molecule has 0 aliphatic rings. The maximum Gasteiger partial charge on any atom is 0.0850 e. The van der Waals surface area contributed by atoms with Crippen molar-refractivity contribution in [1.82, 2.24) is 4.98 Å². The summed E-state index contributed by atoms with van der Waals surface area (Å²) in [4.78, 5) is 3.94. The number of nitrogens with two attached hydrogens (primary N) is 1. The lowest BCUT2D eigenvalue weighted by atomic mass is 10.0. The summed E-state index contributed by atoms with van der Waals surface area (Å²) in [5, 5.41) is 10.1. The Bertz CT molecular complexity index is 456. The van der Waals surface area contributed by atoms with E-state index in [4.69, 9.17) is 5.73 Å². The molecular weight excluding hydrogens is 200 g/mol. The molecule has 0 aliphatic heterocycles. The van der Waals surface area contributed by atoms with Gasteiger partial charge >= 0.3 is 0 Å². The molecule has 1 aromatic heterocycles. The van der Waals surface area contributed by atoms with E-state index in [1.807, 2.05) is 30.3 Å². The number of aliphatic hydroxyl groups excluding tert-OH is 1. The van der Waals surface area contributed by atoms with Crippen LogP contribution in [0.1, 0.15) is 17.2 Å². The molecule has 0 radical (unpaired) electrons. The number of nitrogen functional groups attached to an aromatic ring is 1. The molecule has 1 unspecified atom stereocenters. The van der Waals surface area contributed by atoms with Crippen molar-refractivity contribution < 1.29 is 5.11 Å². The fourth-order valence-corrected chi connectivity index (χ4v) is 1.67. The van der Waals surface area contributed by atoms with Crippen LogP contribution in [-0.4, -0.2) is 10.1 Å². The molecule has 3 heteroatoms. The Hall–Kier alpha value is -1.87. The molecule has 1 aromatic carbocycles. The maximum atomic E-state index is 10.1. The second-order valence-corrected chi connectivity index (χ2v) is 3.70. The summed E-state index contributed by atoms with van der Waals surface area (Å²) in [6, 6.07) is 11.2. The summed E-state index contributed by atoms with van der Waals surface area (Å²) < 4.78 is 0. The minimum Gasteiger partial charge on any atom is -0.398 e. The summed E-state index contributed by atoms with van der Waals surface area (Å²) in [5.74, 6) is 0. The van der Waals surface area contributed by atoms with Gasteiger partial charge in [-0.25, -0.2) is 0 Å². The second-order valence-electron chi connectivity index (χ2n) is 3.70. The topological polar surface area (TPSA) is 59.1 Å². The number of benzene rings is 1. The Kier molecular flexibility index (Phi) is 3.17. The van der Waals surface area contributed by atoms with E-state index in [0.29, 0.717) is 12.1 Å². The van der Waals surface area contributed by atoms with Crippen LogP contribution in [0.3, 0.4) is 0 Å². The highest BCUT2D eigenvalue weighted by Crippen LogP contribution is 2.22. The lowest BCUT2D eigenvalue weighted by molar-refractivity contribution is 0.179. The molecule has 0 bridgehead atoms. The van der Waals surface area contributed by atoms with Crippen LogP contribution < -0.4 is 5.73 Å². The summed E-state index contributed by atoms with van der Waals surface area (Å²) >= 11 is 0. The molecule has 2 rings (SSSR count). The molecule has 0 spiro atoms. The van der Waals surface area contributed by atoms with Crippen LogP contribution in [0.2, 0.25) is 0 Å². The van der Waals surface area contributed by atoms with E-state index in [1.54, 1.807) is 18.5 Å². The highest BCUT2D eigenvalue weighted by Gasteiger charge is 2.10. The van der Waals surface area contributed by atoms with Crippen LogP contribution in [0.15, 0.2) is 48.8 Å². The van der Waals surface area contributed by atoms with E-state index < -0.39 is 6.10 Å². The van der Waals surface area contributed by atoms with Crippen molar-refractivity contribution in [2.45, 2.75) is 12.5 Å². The molecule has 0 fully saturated rings. The third-order valence-corrected chi connectivity index (χ3v) is 2.53. The summed E-state index contributed by atoms with van der Waals surface area (Å²) in [6.45, 7) is 0. The predicted octanol–water partition coefficient (Wildman–Crippen LogP) is 1.94. The standard InChI is InChI=1S/C13H14N2O/c14-12-4-2-1-3-11(12)13(16)9-10-5-7-15-8-6-10/h1-8,13,16H,9,14H2. The van der Waals surface area contributed by atoms with Gasteiger partial charge in [-0.15, -0.1) is 0 Å². The van der Waals surface area contributed by atoms with Crippen molar-refractivity contribution in [3.05, 3.63) is 59.9 Å². The normalized spacial score (nSPS) is 12.3. The smallest absolute Gasteiger partial charge is 0.0850 e. The molecule has 0 amide bonds. The van der Waals surface area contributed by atoms with Crippen LogP contribution >= 0.6 is 0 Å². The summed E-state index contributed by atoms with van der Waals surface area (Å²) in [7, 11) is 0. The maximum absolute atomic E-state index is 10.1. The number of rotatable bonds is 3. The van der Waals surface area contributed by atoms with Crippen LogP contribution in [-0.2, 0) is 6.42 Å². The molecule has 1 atom stereocenters. The monoisotopic (exact) mass is 214 g/mol. The minimum absolute atomic E-state index is 0.552. The predicted molar refractivity (Wildman–Crippen MR) is 63.8 cm³/mol. The lowest BCUT2D eigenvalue weighted by Crippen LogP contribution is -2.05. The first-order chi connectivity index (χ1) is 7.77. The first-order valence-electron chi connectivity index (χ1n) is 5.19. The number of pyridine rings is 1. The van der Waals surface area contributed by atoms with Gasteiger partial charge in [-0.2, -0.15) is 0 Å². The molecule has 3 N–H and O–H groups in total. The first kappa shape index (κ1) is 10.6. The molecule has 82 valence electrons. The Labute approximate surface area is 94.6 Å². The van der Waals surface area contributed by atoms with Crippen LogP contribution in [0.5, 0.6) is 0 Å². The van der Waals surface area contributed by atoms with E-state index in [9.17, 15) is 5.11 Å². The highest BCUT2D eigenvalue weighted by atomic mass is 16.3. The minimum atomic E-state index is -0.566. The Morgan fingerprint density at radius 3 is 2.50 bits per heavy atom. The third kappa shape index (κ3) is 2.38. The van der Waals surface area contributed by atoms with Gasteiger partial charge in [0.1, 0.15) is 0 Å². The molecule has 16 heavy (non-hydrogen) atoms. The first-order valence-corrected chi connectivity index (χ1v) is 5.19. The van der Waals surface area contributed by atoms with Crippen molar-refractivity contribution in [1.29, 1.82) is 0 Å². The van der Waals surface area contributed by atoms with Crippen molar-refractivity contribution in [3.63, 3.8) is 0 Å². The number of hydrogen-bond acceptors (Lipinski definition) is 3. The van der Waals surface area contributed by atoms with E-state index in [-0.39, 0.29) is 0 Å². The van der Waals surface area contributed by atoms with Gasteiger partial charge in [0.15, 0.2) is 0 Å². The number of aromatic nitrogens is 1. The van der Waals surface area contributed by atoms with E-state index in [1.165, 1.54) is 0 Å². The summed E-state index contributed by atoms with van der Waals surface area (Å²) in [6.07, 6.45) is 3.42. The lowest BCUT2D eigenvalue weighted by Gasteiger charge is -2.13. The number of anilines is 1. The van der Waals surface area contributed by atoms with Crippen molar-refractivity contribution in [3.8, 4) is 0 Å². The second kappa shape index (κ2) is 4.77. The number of para-hydroxylation sites is 1. The molecule has 2 aromatic rings. The molecule has 0 saturated carbocycles. The average Bonchev–Trinajstić information content (AvgIpc) is 2.31. The van der Waals surface area contributed by atoms with Crippen molar-refractivity contribution in [2.75, 3.05) is 5.73 Å². The van der Waals surface area contributed by atoms with Crippen LogP contribution in [0.25, 0.3) is 0 Å². The van der Waals surface area contributed by atoms with Gasteiger partial charge in [-0.1, -0.05) is 18.2 Å². The van der Waals surface area contributed by atoms with Gasteiger partial charge in [-0.3, -0.25) is 4.98 Å². The average molecular weight is 214 g/mol. The molecular formula is C13H14N2O. The van der Waals surface area contributed by atoms with Crippen molar-refractivity contribution in [2.24, 2.45) is 0 Å². The Morgan fingerprint density at radius 1 is 1.12 bits per heavy atom. The van der Waals surface area contributed by atoms with Gasteiger partial charge in [0.05, 0.1) is 6.10 Å². The fourth-order valence-electron chi connectivity index (χ4n) is 1.67. The van der Waals surface area contributed by atoms with E-state index in [2.05, 4.69) is 4.98 Å². The van der Waals surface area contributed by atoms with Gasteiger partial charge in [-0.05, 0) is 23.8 Å². The molecule has 0 saturated heterocycles.